The molecule has 0 spiro atoms. The Bertz CT molecular complexity index is 399. The molecule has 0 saturated carbocycles. The second-order valence-corrected chi connectivity index (χ2v) is 6.92. The molecule has 4 nitrogen and oxygen atoms in total. The highest BCUT2D eigenvalue weighted by molar-refractivity contribution is 5.81. The fraction of sp³-hybridized carbons (Fsp3) is 0.684. The molecule has 2 aliphatic rings. The maximum absolute atomic E-state index is 4.62. The van der Waals surface area contributed by atoms with E-state index in [1.165, 1.54) is 38.4 Å². The lowest BCUT2D eigenvalue weighted by Crippen LogP contribution is -2.54. The molecule has 1 aromatic rings. The summed E-state index contributed by atoms with van der Waals surface area (Å²) < 4.78 is 0. The van der Waals surface area contributed by atoms with Crippen LogP contribution >= 0.6 is 0 Å². The van der Waals surface area contributed by atoms with Crippen molar-refractivity contribution in [2.24, 2.45) is 10.9 Å². The summed E-state index contributed by atoms with van der Waals surface area (Å²) in [5.74, 6) is 2.09. The van der Waals surface area contributed by atoms with Crippen LogP contribution in [0.25, 0.3) is 0 Å². The summed E-state index contributed by atoms with van der Waals surface area (Å²) in [6.07, 6.45) is 6.02. The van der Waals surface area contributed by atoms with Crippen LogP contribution in [0.5, 0.6) is 0 Å². The number of fused-ring (bicyclic) bond motifs is 1. The van der Waals surface area contributed by atoms with Gasteiger partial charge in [0.1, 0.15) is 0 Å². The molecule has 3 rings (SSSR count). The van der Waals surface area contributed by atoms with Crippen LogP contribution in [0.3, 0.4) is 0 Å². The van der Waals surface area contributed by atoms with Crippen molar-refractivity contribution in [3.63, 3.8) is 0 Å². The number of hydrogen-bond donors (Lipinski definition) is 0. The predicted molar refractivity (Wildman–Crippen MR) is 99.7 cm³/mol. The van der Waals surface area contributed by atoms with Crippen molar-refractivity contribution in [1.29, 1.82) is 0 Å². The maximum atomic E-state index is 4.62. The monoisotopic (exact) mass is 318 g/mol. The van der Waals surface area contributed by atoms with E-state index in [0.717, 1.165) is 12.5 Å². The molecule has 0 aliphatic carbocycles. The van der Waals surface area contributed by atoms with Gasteiger partial charge in [0, 0.05) is 44.6 Å². The molecular weight excluding hydrogens is 284 g/mol. The molecule has 3 heterocycles. The molecule has 1 fully saturated rings. The van der Waals surface area contributed by atoms with Crippen LogP contribution in [-0.4, -0.2) is 53.0 Å². The van der Waals surface area contributed by atoms with Gasteiger partial charge in [-0.25, -0.2) is 0 Å². The third-order valence-electron chi connectivity index (χ3n) is 3.40. The van der Waals surface area contributed by atoms with Crippen LogP contribution in [0.15, 0.2) is 35.6 Å². The Morgan fingerprint density at radius 2 is 1.48 bits per heavy atom. The van der Waals surface area contributed by atoms with E-state index in [4.69, 9.17) is 0 Å². The van der Waals surface area contributed by atoms with Crippen molar-refractivity contribution < 1.29 is 0 Å². The normalized spacial score (nSPS) is 16.7. The van der Waals surface area contributed by atoms with Crippen LogP contribution in [0, 0.1) is 5.92 Å². The quantitative estimate of drug-likeness (QED) is 0.787. The van der Waals surface area contributed by atoms with Gasteiger partial charge in [0.25, 0.3) is 0 Å². The number of guanidine groups is 1. The lowest BCUT2D eigenvalue weighted by molar-refractivity contribution is 0.216. The zero-order valence-electron chi connectivity index (χ0n) is 15.6. The maximum Gasteiger partial charge on any atom is 0.196 e. The smallest absolute Gasteiger partial charge is 0.196 e. The zero-order chi connectivity index (χ0) is 17.1. The van der Waals surface area contributed by atoms with Gasteiger partial charge in [-0.3, -0.25) is 9.98 Å². The molecular formula is C19H34N4. The molecule has 0 atom stereocenters. The lowest BCUT2D eigenvalue weighted by Gasteiger charge is -2.43. The van der Waals surface area contributed by atoms with Gasteiger partial charge < -0.3 is 9.80 Å². The van der Waals surface area contributed by atoms with Crippen LogP contribution < -0.4 is 0 Å². The summed E-state index contributed by atoms with van der Waals surface area (Å²) in [6.45, 7) is 15.6. The fourth-order valence-electron chi connectivity index (χ4n) is 2.46. The van der Waals surface area contributed by atoms with Gasteiger partial charge >= 0.3 is 0 Å². The summed E-state index contributed by atoms with van der Waals surface area (Å²) in [7, 11) is 0. The highest BCUT2D eigenvalue weighted by Crippen LogP contribution is 2.15. The molecule has 4 heteroatoms. The Kier molecular flexibility index (Phi) is 9.34. The predicted octanol–water partition coefficient (Wildman–Crippen LogP) is 3.91. The first-order valence-corrected chi connectivity index (χ1v) is 8.93. The Labute approximate surface area is 142 Å². The number of aromatic nitrogens is 1. The molecule has 0 radical (unpaired) electrons. The average Bonchev–Trinajstić information content (AvgIpc) is 2.56. The van der Waals surface area contributed by atoms with E-state index < -0.39 is 0 Å². The molecule has 23 heavy (non-hydrogen) atoms. The number of rotatable bonds is 1. The van der Waals surface area contributed by atoms with Crippen LogP contribution in [0.2, 0.25) is 0 Å². The molecule has 1 saturated heterocycles. The molecule has 2 aliphatic heterocycles. The minimum atomic E-state index is 0.597. The molecule has 0 aromatic carbocycles. The van der Waals surface area contributed by atoms with Crippen molar-refractivity contribution in [2.75, 3.05) is 26.2 Å². The molecule has 130 valence electrons. The summed E-state index contributed by atoms with van der Waals surface area (Å²) in [5, 5.41) is 0. The van der Waals surface area contributed by atoms with E-state index in [2.05, 4.69) is 54.4 Å². The zero-order valence-corrected chi connectivity index (χ0v) is 15.6. The van der Waals surface area contributed by atoms with E-state index >= 15 is 0 Å². The largest absolute Gasteiger partial charge is 0.343 e. The topological polar surface area (TPSA) is 31.7 Å². The summed E-state index contributed by atoms with van der Waals surface area (Å²) in [5.41, 5.74) is 0. The number of hydrogen-bond acceptors (Lipinski definition) is 4. The first kappa shape index (κ1) is 19.5. The number of nitrogens with zero attached hydrogens (tertiary/aromatic N) is 4. The van der Waals surface area contributed by atoms with Gasteiger partial charge in [0.2, 0.25) is 0 Å². The number of aliphatic imine (C=N–C) groups is 1. The molecule has 0 N–H and O–H groups in total. The third kappa shape index (κ3) is 8.00. The standard InChI is InChI=1S/C10H19N3.C5H5N.C4H10/c1-9(2)13-8-4-7-12-6-3-5-11-10(12)13;1-2-4-6-5-3-1;1-4(2)3/h9H,3-8H2,1-2H3;1-5H;4H,1-3H3. The lowest BCUT2D eigenvalue weighted by atomic mass is 10.2. The highest BCUT2D eigenvalue weighted by Gasteiger charge is 2.26. The van der Waals surface area contributed by atoms with Crippen molar-refractivity contribution in [1.82, 2.24) is 14.8 Å². The first-order chi connectivity index (χ1) is 11.0. The van der Waals surface area contributed by atoms with Crippen molar-refractivity contribution in [2.45, 2.75) is 53.5 Å². The van der Waals surface area contributed by atoms with E-state index in [1.807, 2.05) is 18.2 Å². The van der Waals surface area contributed by atoms with Gasteiger partial charge in [-0.05, 0) is 44.7 Å². The minimum absolute atomic E-state index is 0.597. The van der Waals surface area contributed by atoms with Gasteiger partial charge in [-0.2, -0.15) is 0 Å². The Morgan fingerprint density at radius 1 is 0.870 bits per heavy atom. The first-order valence-electron chi connectivity index (χ1n) is 8.93. The molecule has 0 bridgehead atoms. The van der Waals surface area contributed by atoms with Crippen LogP contribution in [0.4, 0.5) is 0 Å². The molecule has 1 aromatic heterocycles. The highest BCUT2D eigenvalue weighted by atomic mass is 15.4. The van der Waals surface area contributed by atoms with E-state index in [9.17, 15) is 0 Å². The van der Waals surface area contributed by atoms with Crippen molar-refractivity contribution in [3.05, 3.63) is 30.6 Å². The van der Waals surface area contributed by atoms with Crippen LogP contribution in [-0.2, 0) is 0 Å². The minimum Gasteiger partial charge on any atom is -0.343 e. The summed E-state index contributed by atoms with van der Waals surface area (Å²) in [4.78, 5) is 13.3. The Morgan fingerprint density at radius 3 is 1.96 bits per heavy atom. The molecule has 0 unspecified atom stereocenters. The Hall–Kier alpha value is -1.58. The Balaban J connectivity index is 0.000000220. The summed E-state index contributed by atoms with van der Waals surface area (Å²) in [6, 6.07) is 6.31. The second kappa shape index (κ2) is 11.0. The third-order valence-corrected chi connectivity index (χ3v) is 3.40. The van der Waals surface area contributed by atoms with E-state index in [0.29, 0.717) is 6.04 Å². The van der Waals surface area contributed by atoms with Crippen molar-refractivity contribution in [3.8, 4) is 0 Å². The SMILES string of the molecule is CC(C)C.CC(C)N1CCCN2CCCN=C21.c1ccncc1. The van der Waals surface area contributed by atoms with Crippen molar-refractivity contribution >= 4 is 5.96 Å². The summed E-state index contributed by atoms with van der Waals surface area (Å²) >= 11 is 0. The molecule has 0 amide bonds. The van der Waals surface area contributed by atoms with Crippen LogP contribution in [0.1, 0.15) is 47.5 Å². The second-order valence-electron chi connectivity index (χ2n) is 6.92. The number of pyridine rings is 1. The van der Waals surface area contributed by atoms with E-state index in [-0.39, 0.29) is 0 Å². The van der Waals surface area contributed by atoms with Gasteiger partial charge in [-0.15, -0.1) is 0 Å². The van der Waals surface area contributed by atoms with Gasteiger partial charge in [0.05, 0.1) is 0 Å². The fourth-order valence-corrected chi connectivity index (χ4v) is 2.46. The van der Waals surface area contributed by atoms with Gasteiger partial charge in [-0.1, -0.05) is 26.8 Å². The van der Waals surface area contributed by atoms with Gasteiger partial charge in [0.15, 0.2) is 5.96 Å². The average molecular weight is 319 g/mol. The van der Waals surface area contributed by atoms with E-state index in [1.54, 1.807) is 12.4 Å².